The molecule has 2 fully saturated rings. The van der Waals surface area contributed by atoms with Crippen molar-refractivity contribution in [1.82, 2.24) is 9.80 Å². The van der Waals surface area contributed by atoms with Crippen LogP contribution in [-0.2, 0) is 11.3 Å². The molecular weight excluding hydrogens is 328 g/mol. The number of carbonyl (C=O) groups excluding carboxylic acids is 1. The normalized spacial score (nSPS) is 19.8. The SMILES string of the molecule is COc1ccc(OC)c(CN2CCN(C(=O)C3CCCCCC3)CC2)c1. The monoisotopic (exact) mass is 360 g/mol. The van der Waals surface area contributed by atoms with Gasteiger partial charge in [0.15, 0.2) is 0 Å². The summed E-state index contributed by atoms with van der Waals surface area (Å²) in [7, 11) is 3.39. The molecule has 1 aromatic rings. The fraction of sp³-hybridized carbons (Fsp3) is 0.667. The number of hydrogen-bond acceptors (Lipinski definition) is 4. The van der Waals surface area contributed by atoms with E-state index in [1.165, 1.54) is 25.7 Å². The van der Waals surface area contributed by atoms with E-state index < -0.39 is 0 Å². The maximum Gasteiger partial charge on any atom is 0.225 e. The lowest BCUT2D eigenvalue weighted by molar-refractivity contribution is -0.137. The first kappa shape index (κ1) is 19.0. The average Bonchev–Trinajstić information content (AvgIpc) is 2.97. The second kappa shape index (κ2) is 9.26. The van der Waals surface area contributed by atoms with Crippen molar-refractivity contribution in [2.24, 2.45) is 5.92 Å². The first-order chi connectivity index (χ1) is 12.7. The molecule has 1 heterocycles. The van der Waals surface area contributed by atoms with Crippen LogP contribution >= 0.6 is 0 Å². The van der Waals surface area contributed by atoms with E-state index >= 15 is 0 Å². The standard InChI is InChI=1S/C21H32N2O3/c1-25-19-9-10-20(26-2)18(15-19)16-22-11-13-23(14-12-22)21(24)17-7-5-3-4-6-8-17/h9-10,15,17H,3-8,11-14,16H2,1-2H3. The van der Waals surface area contributed by atoms with Gasteiger partial charge >= 0.3 is 0 Å². The van der Waals surface area contributed by atoms with Crippen molar-refractivity contribution in [1.29, 1.82) is 0 Å². The Morgan fingerprint density at radius 1 is 1.00 bits per heavy atom. The topological polar surface area (TPSA) is 42.0 Å². The van der Waals surface area contributed by atoms with E-state index in [4.69, 9.17) is 9.47 Å². The summed E-state index contributed by atoms with van der Waals surface area (Å²) in [6.07, 6.45) is 7.18. The van der Waals surface area contributed by atoms with Gasteiger partial charge in [0, 0.05) is 44.2 Å². The molecule has 1 saturated heterocycles. The van der Waals surface area contributed by atoms with Crippen molar-refractivity contribution in [2.75, 3.05) is 40.4 Å². The Balaban J connectivity index is 1.54. The quantitative estimate of drug-likeness (QED) is 0.756. The zero-order valence-electron chi connectivity index (χ0n) is 16.2. The predicted molar refractivity (Wildman–Crippen MR) is 103 cm³/mol. The number of nitrogens with zero attached hydrogens (tertiary/aromatic N) is 2. The Kier molecular flexibility index (Phi) is 6.78. The molecule has 2 aliphatic rings. The van der Waals surface area contributed by atoms with Crippen LogP contribution in [-0.4, -0.2) is 56.1 Å². The lowest BCUT2D eigenvalue weighted by atomic mass is 9.98. The third-order valence-electron chi connectivity index (χ3n) is 5.77. The summed E-state index contributed by atoms with van der Waals surface area (Å²) in [4.78, 5) is 17.3. The molecule has 1 amide bonds. The zero-order chi connectivity index (χ0) is 18.4. The van der Waals surface area contributed by atoms with Crippen LogP contribution < -0.4 is 9.47 Å². The molecule has 1 aromatic carbocycles. The molecule has 1 saturated carbocycles. The minimum atomic E-state index is 0.266. The smallest absolute Gasteiger partial charge is 0.225 e. The predicted octanol–water partition coefficient (Wildman–Crippen LogP) is 3.32. The molecule has 0 aromatic heterocycles. The Bertz CT molecular complexity index is 589. The molecule has 1 aliphatic heterocycles. The van der Waals surface area contributed by atoms with Crippen LogP contribution in [0, 0.1) is 5.92 Å². The van der Waals surface area contributed by atoms with Gasteiger partial charge in [0.1, 0.15) is 11.5 Å². The molecule has 0 radical (unpaired) electrons. The minimum Gasteiger partial charge on any atom is -0.497 e. The molecule has 5 nitrogen and oxygen atoms in total. The lowest BCUT2D eigenvalue weighted by Gasteiger charge is -2.36. The zero-order valence-corrected chi connectivity index (χ0v) is 16.2. The highest BCUT2D eigenvalue weighted by Gasteiger charge is 2.28. The molecule has 3 rings (SSSR count). The summed E-state index contributed by atoms with van der Waals surface area (Å²) in [6.45, 7) is 4.33. The molecule has 0 atom stereocenters. The highest BCUT2D eigenvalue weighted by atomic mass is 16.5. The third-order valence-corrected chi connectivity index (χ3v) is 5.77. The number of methoxy groups -OCH3 is 2. The van der Waals surface area contributed by atoms with Crippen LogP contribution in [0.15, 0.2) is 18.2 Å². The van der Waals surface area contributed by atoms with Crippen molar-refractivity contribution >= 4 is 5.91 Å². The van der Waals surface area contributed by atoms with Gasteiger partial charge in [0.2, 0.25) is 5.91 Å². The van der Waals surface area contributed by atoms with E-state index in [1.807, 2.05) is 18.2 Å². The number of rotatable bonds is 5. The average molecular weight is 360 g/mol. The van der Waals surface area contributed by atoms with Crippen LogP contribution in [0.25, 0.3) is 0 Å². The first-order valence-corrected chi connectivity index (χ1v) is 9.93. The molecule has 0 N–H and O–H groups in total. The van der Waals surface area contributed by atoms with Gasteiger partial charge in [0.25, 0.3) is 0 Å². The Labute approximate surface area is 157 Å². The Hall–Kier alpha value is -1.75. The number of carbonyl (C=O) groups is 1. The molecule has 5 heteroatoms. The van der Waals surface area contributed by atoms with Crippen molar-refractivity contribution in [3.63, 3.8) is 0 Å². The second-order valence-electron chi connectivity index (χ2n) is 7.47. The van der Waals surface area contributed by atoms with Crippen LogP contribution in [0.1, 0.15) is 44.1 Å². The second-order valence-corrected chi connectivity index (χ2v) is 7.47. The molecule has 0 spiro atoms. The minimum absolute atomic E-state index is 0.266. The van der Waals surface area contributed by atoms with Gasteiger partial charge in [0.05, 0.1) is 14.2 Å². The highest BCUT2D eigenvalue weighted by Crippen LogP contribution is 2.27. The van der Waals surface area contributed by atoms with E-state index in [-0.39, 0.29) is 5.92 Å². The first-order valence-electron chi connectivity index (χ1n) is 9.93. The molecule has 0 bridgehead atoms. The van der Waals surface area contributed by atoms with Gasteiger partial charge in [-0.15, -0.1) is 0 Å². The molecule has 26 heavy (non-hydrogen) atoms. The number of ether oxygens (including phenoxy) is 2. The summed E-state index contributed by atoms with van der Waals surface area (Å²) in [5.74, 6) is 2.40. The van der Waals surface area contributed by atoms with Gasteiger partial charge < -0.3 is 14.4 Å². The maximum atomic E-state index is 12.8. The van der Waals surface area contributed by atoms with Crippen LogP contribution in [0.3, 0.4) is 0 Å². The molecule has 0 unspecified atom stereocenters. The summed E-state index contributed by atoms with van der Waals surface area (Å²) in [5.41, 5.74) is 1.13. The van der Waals surface area contributed by atoms with Crippen LogP contribution in [0.5, 0.6) is 11.5 Å². The van der Waals surface area contributed by atoms with E-state index in [2.05, 4.69) is 9.80 Å². The van der Waals surface area contributed by atoms with Crippen molar-refractivity contribution in [2.45, 2.75) is 45.1 Å². The van der Waals surface area contributed by atoms with Crippen molar-refractivity contribution in [3.8, 4) is 11.5 Å². The molecule has 144 valence electrons. The van der Waals surface area contributed by atoms with Gasteiger partial charge in [-0.3, -0.25) is 9.69 Å². The highest BCUT2D eigenvalue weighted by molar-refractivity contribution is 5.79. The van der Waals surface area contributed by atoms with Crippen LogP contribution in [0.4, 0.5) is 0 Å². The van der Waals surface area contributed by atoms with E-state index in [9.17, 15) is 4.79 Å². The Morgan fingerprint density at radius 2 is 1.69 bits per heavy atom. The number of hydrogen-bond donors (Lipinski definition) is 0. The summed E-state index contributed by atoms with van der Waals surface area (Å²) < 4.78 is 10.8. The van der Waals surface area contributed by atoms with E-state index in [0.717, 1.165) is 62.6 Å². The summed E-state index contributed by atoms with van der Waals surface area (Å²) >= 11 is 0. The van der Waals surface area contributed by atoms with Gasteiger partial charge in [-0.2, -0.15) is 0 Å². The molecular formula is C21H32N2O3. The fourth-order valence-electron chi connectivity index (χ4n) is 4.16. The van der Waals surface area contributed by atoms with Gasteiger partial charge in [-0.05, 0) is 31.0 Å². The third kappa shape index (κ3) is 4.70. The summed E-state index contributed by atoms with van der Waals surface area (Å²) in [5, 5.41) is 0. The van der Waals surface area contributed by atoms with Crippen molar-refractivity contribution < 1.29 is 14.3 Å². The van der Waals surface area contributed by atoms with Crippen molar-refractivity contribution in [3.05, 3.63) is 23.8 Å². The number of piperazine rings is 1. The van der Waals surface area contributed by atoms with Gasteiger partial charge in [-0.25, -0.2) is 0 Å². The maximum absolute atomic E-state index is 12.8. The Morgan fingerprint density at radius 3 is 2.31 bits per heavy atom. The van der Waals surface area contributed by atoms with E-state index in [1.54, 1.807) is 14.2 Å². The summed E-state index contributed by atoms with van der Waals surface area (Å²) in [6, 6.07) is 5.92. The fourth-order valence-corrected chi connectivity index (χ4v) is 4.16. The van der Waals surface area contributed by atoms with Crippen LogP contribution in [0.2, 0.25) is 0 Å². The lowest BCUT2D eigenvalue weighted by Crippen LogP contribution is -2.50. The number of benzene rings is 1. The largest absolute Gasteiger partial charge is 0.497 e. The van der Waals surface area contributed by atoms with E-state index in [0.29, 0.717) is 5.91 Å². The van der Waals surface area contributed by atoms with Gasteiger partial charge in [-0.1, -0.05) is 25.7 Å². The molecule has 1 aliphatic carbocycles. The number of amides is 1.